The summed E-state index contributed by atoms with van der Waals surface area (Å²) in [7, 11) is 1.62. The molecule has 0 atom stereocenters. The molecule has 0 bridgehead atoms. The van der Waals surface area contributed by atoms with E-state index >= 15 is 0 Å². The van der Waals surface area contributed by atoms with E-state index in [1.807, 2.05) is 60.7 Å². The van der Waals surface area contributed by atoms with Crippen LogP contribution >= 0.6 is 0 Å². The van der Waals surface area contributed by atoms with Gasteiger partial charge in [-0.25, -0.2) is 4.98 Å². The normalized spacial score (nSPS) is 11.2. The second kappa shape index (κ2) is 8.15. The zero-order valence-corrected chi connectivity index (χ0v) is 16.5. The van der Waals surface area contributed by atoms with Crippen LogP contribution < -0.4 is 10.3 Å². The third kappa shape index (κ3) is 3.83. The van der Waals surface area contributed by atoms with Gasteiger partial charge in [-0.05, 0) is 60.0 Å². The highest BCUT2D eigenvalue weighted by atomic mass is 16.5. The molecular weight excluding hydrogens is 360 g/mol. The molecule has 0 N–H and O–H groups in total. The lowest BCUT2D eigenvalue weighted by Gasteiger charge is -2.12. The molecular formula is C25H22N2O2. The Labute approximate surface area is 169 Å². The van der Waals surface area contributed by atoms with Crippen LogP contribution in [0.4, 0.5) is 0 Å². The van der Waals surface area contributed by atoms with Crippen LogP contribution in [-0.4, -0.2) is 16.7 Å². The van der Waals surface area contributed by atoms with Gasteiger partial charge in [0.15, 0.2) is 0 Å². The Kier molecular flexibility index (Phi) is 5.25. The second-order valence-electron chi connectivity index (χ2n) is 6.75. The molecule has 4 heteroatoms. The topological polar surface area (TPSA) is 44.1 Å². The van der Waals surface area contributed by atoms with Crippen molar-refractivity contribution in [2.45, 2.75) is 13.3 Å². The molecule has 0 unspecified atom stereocenters. The molecule has 144 valence electrons. The molecule has 29 heavy (non-hydrogen) atoms. The first-order chi connectivity index (χ1) is 14.2. The van der Waals surface area contributed by atoms with Crippen molar-refractivity contribution >= 4 is 23.1 Å². The standard InChI is InChI=1S/C25H22N2O2/c1-3-18-8-10-19(11-9-18)12-17-24-26-23-7-5-4-6-22(23)25(28)27(24)20-13-15-21(29-2)16-14-20/h4-17H,3H2,1-2H3/b17-12+. The van der Waals surface area contributed by atoms with Crippen molar-refractivity contribution in [3.63, 3.8) is 0 Å². The van der Waals surface area contributed by atoms with Gasteiger partial charge in [-0.15, -0.1) is 0 Å². The number of hydrogen-bond donors (Lipinski definition) is 0. The number of para-hydroxylation sites is 1. The molecule has 0 spiro atoms. The first kappa shape index (κ1) is 18.7. The van der Waals surface area contributed by atoms with E-state index < -0.39 is 0 Å². The molecule has 0 aliphatic rings. The van der Waals surface area contributed by atoms with Gasteiger partial charge in [0.25, 0.3) is 5.56 Å². The number of benzene rings is 3. The average molecular weight is 382 g/mol. The van der Waals surface area contributed by atoms with Gasteiger partial charge in [-0.1, -0.05) is 49.4 Å². The highest BCUT2D eigenvalue weighted by Crippen LogP contribution is 2.18. The van der Waals surface area contributed by atoms with Crippen molar-refractivity contribution in [3.05, 3.63) is 100 Å². The van der Waals surface area contributed by atoms with Crippen LogP contribution in [0.1, 0.15) is 23.9 Å². The molecule has 0 fully saturated rings. The Bertz CT molecular complexity index is 1220. The lowest BCUT2D eigenvalue weighted by molar-refractivity contribution is 0.414. The predicted molar refractivity (Wildman–Crippen MR) is 119 cm³/mol. The summed E-state index contributed by atoms with van der Waals surface area (Å²) in [5.74, 6) is 1.32. The van der Waals surface area contributed by atoms with Gasteiger partial charge in [0.2, 0.25) is 0 Å². The molecule has 0 saturated carbocycles. The minimum absolute atomic E-state index is 0.0956. The summed E-state index contributed by atoms with van der Waals surface area (Å²) in [4.78, 5) is 18.0. The van der Waals surface area contributed by atoms with Crippen LogP contribution in [0.15, 0.2) is 77.6 Å². The number of methoxy groups -OCH3 is 1. The van der Waals surface area contributed by atoms with Gasteiger partial charge in [0.05, 0.1) is 23.7 Å². The van der Waals surface area contributed by atoms with E-state index in [1.54, 1.807) is 11.7 Å². The molecule has 1 heterocycles. The summed E-state index contributed by atoms with van der Waals surface area (Å²) >= 11 is 0. The number of hydrogen-bond acceptors (Lipinski definition) is 3. The van der Waals surface area contributed by atoms with Gasteiger partial charge in [-0.2, -0.15) is 0 Å². The molecule has 4 rings (SSSR count). The van der Waals surface area contributed by atoms with E-state index in [2.05, 4.69) is 31.2 Å². The van der Waals surface area contributed by atoms with Crippen LogP contribution in [0.3, 0.4) is 0 Å². The van der Waals surface area contributed by atoms with Gasteiger partial charge >= 0.3 is 0 Å². The molecule has 4 nitrogen and oxygen atoms in total. The largest absolute Gasteiger partial charge is 0.497 e. The van der Waals surface area contributed by atoms with E-state index in [4.69, 9.17) is 9.72 Å². The van der Waals surface area contributed by atoms with Crippen molar-refractivity contribution in [1.29, 1.82) is 0 Å². The maximum Gasteiger partial charge on any atom is 0.266 e. The van der Waals surface area contributed by atoms with E-state index in [0.717, 1.165) is 23.4 Å². The predicted octanol–water partition coefficient (Wildman–Crippen LogP) is 5.13. The Morgan fingerprint density at radius 2 is 1.66 bits per heavy atom. The van der Waals surface area contributed by atoms with Crippen molar-refractivity contribution in [2.75, 3.05) is 7.11 Å². The number of aromatic nitrogens is 2. The summed E-state index contributed by atoms with van der Waals surface area (Å²) in [6.07, 6.45) is 4.88. The lowest BCUT2D eigenvalue weighted by atomic mass is 10.1. The fraction of sp³-hybridized carbons (Fsp3) is 0.120. The molecule has 0 saturated heterocycles. The zero-order chi connectivity index (χ0) is 20.2. The molecule has 4 aromatic rings. The quantitative estimate of drug-likeness (QED) is 0.481. The summed E-state index contributed by atoms with van der Waals surface area (Å²) in [5.41, 5.74) is 3.69. The smallest absolute Gasteiger partial charge is 0.266 e. The van der Waals surface area contributed by atoms with E-state index in [-0.39, 0.29) is 5.56 Å². The van der Waals surface area contributed by atoms with Crippen LogP contribution in [0.5, 0.6) is 5.75 Å². The SMILES string of the molecule is CCc1ccc(/C=C/c2nc3ccccc3c(=O)n2-c2ccc(OC)cc2)cc1. The minimum Gasteiger partial charge on any atom is -0.497 e. The summed E-state index contributed by atoms with van der Waals surface area (Å²) in [6, 6.07) is 23.2. The van der Waals surface area contributed by atoms with E-state index in [1.165, 1.54) is 5.56 Å². The van der Waals surface area contributed by atoms with Crippen molar-refractivity contribution in [1.82, 2.24) is 9.55 Å². The fourth-order valence-electron chi connectivity index (χ4n) is 3.28. The molecule has 3 aromatic carbocycles. The Morgan fingerprint density at radius 3 is 2.34 bits per heavy atom. The van der Waals surface area contributed by atoms with Crippen LogP contribution in [0.2, 0.25) is 0 Å². The third-order valence-corrected chi connectivity index (χ3v) is 4.95. The Hall–Kier alpha value is -3.66. The van der Waals surface area contributed by atoms with Crippen molar-refractivity contribution in [3.8, 4) is 11.4 Å². The van der Waals surface area contributed by atoms with E-state index in [0.29, 0.717) is 16.7 Å². The van der Waals surface area contributed by atoms with Gasteiger partial charge in [0, 0.05) is 0 Å². The molecule has 0 aliphatic heterocycles. The second-order valence-corrected chi connectivity index (χ2v) is 6.75. The monoisotopic (exact) mass is 382 g/mol. The summed E-state index contributed by atoms with van der Waals surface area (Å²) < 4.78 is 6.88. The molecule has 0 aliphatic carbocycles. The Morgan fingerprint density at radius 1 is 0.931 bits per heavy atom. The number of nitrogens with zero attached hydrogens (tertiary/aromatic N) is 2. The number of ether oxygens (including phenoxy) is 1. The molecule has 0 amide bonds. The zero-order valence-electron chi connectivity index (χ0n) is 16.5. The van der Waals surface area contributed by atoms with Gasteiger partial charge in [-0.3, -0.25) is 9.36 Å². The minimum atomic E-state index is -0.0956. The van der Waals surface area contributed by atoms with Crippen LogP contribution in [0.25, 0.3) is 28.7 Å². The lowest BCUT2D eigenvalue weighted by Crippen LogP contribution is -2.22. The average Bonchev–Trinajstić information content (AvgIpc) is 2.78. The first-order valence-corrected chi connectivity index (χ1v) is 9.63. The summed E-state index contributed by atoms with van der Waals surface area (Å²) in [6.45, 7) is 2.14. The maximum atomic E-state index is 13.3. The summed E-state index contributed by atoms with van der Waals surface area (Å²) in [5, 5.41) is 0.591. The Balaban J connectivity index is 1.86. The van der Waals surface area contributed by atoms with Crippen LogP contribution in [0, 0.1) is 0 Å². The van der Waals surface area contributed by atoms with Gasteiger partial charge < -0.3 is 4.74 Å². The number of rotatable bonds is 5. The molecule has 0 radical (unpaired) electrons. The maximum absolute atomic E-state index is 13.3. The highest BCUT2D eigenvalue weighted by molar-refractivity contribution is 5.80. The first-order valence-electron chi connectivity index (χ1n) is 9.63. The number of aryl methyl sites for hydroxylation is 1. The third-order valence-electron chi connectivity index (χ3n) is 4.95. The fourth-order valence-corrected chi connectivity index (χ4v) is 3.28. The van der Waals surface area contributed by atoms with Crippen molar-refractivity contribution < 1.29 is 4.74 Å². The number of fused-ring (bicyclic) bond motifs is 1. The van der Waals surface area contributed by atoms with Gasteiger partial charge in [0.1, 0.15) is 11.6 Å². The molecule has 1 aromatic heterocycles. The highest BCUT2D eigenvalue weighted by Gasteiger charge is 2.11. The van der Waals surface area contributed by atoms with Crippen molar-refractivity contribution in [2.24, 2.45) is 0 Å². The van der Waals surface area contributed by atoms with Crippen LogP contribution in [-0.2, 0) is 6.42 Å². The van der Waals surface area contributed by atoms with E-state index in [9.17, 15) is 4.79 Å².